The Balaban J connectivity index is 2.58. The van der Waals surface area contributed by atoms with Gasteiger partial charge in [-0.3, -0.25) is 4.79 Å². The fraction of sp³-hybridized carbons (Fsp3) is 0.455. The maximum atomic E-state index is 11.7. The molecule has 1 aromatic heterocycles. The van der Waals surface area contributed by atoms with E-state index in [0.29, 0.717) is 30.3 Å². The Bertz CT molecular complexity index is 338. The minimum absolute atomic E-state index is 0.0425. The molecule has 0 saturated heterocycles. The number of aromatic nitrogens is 1. The van der Waals surface area contributed by atoms with Crippen molar-refractivity contribution in [3.8, 4) is 0 Å². The van der Waals surface area contributed by atoms with Gasteiger partial charge in [0.05, 0.1) is 5.56 Å². The van der Waals surface area contributed by atoms with Gasteiger partial charge >= 0.3 is 0 Å². The van der Waals surface area contributed by atoms with Crippen LogP contribution in [0.2, 0.25) is 0 Å². The molecule has 0 aromatic carbocycles. The molecule has 0 spiro atoms. The first-order chi connectivity index (χ1) is 7.15. The van der Waals surface area contributed by atoms with E-state index in [-0.39, 0.29) is 5.78 Å². The van der Waals surface area contributed by atoms with Gasteiger partial charge in [-0.1, -0.05) is 6.92 Å². The largest absolute Gasteiger partial charge is 0.383 e. The number of carbonyl (C=O) groups excluding carboxylic acids is 1. The average molecular weight is 207 g/mol. The van der Waals surface area contributed by atoms with Crippen LogP contribution >= 0.6 is 0 Å². The zero-order valence-electron chi connectivity index (χ0n) is 8.94. The smallest absolute Gasteiger partial charge is 0.166 e. The summed E-state index contributed by atoms with van der Waals surface area (Å²) in [6.07, 6.45) is 2.85. The summed E-state index contributed by atoms with van der Waals surface area (Å²) in [5.74, 6) is 0.718. The summed E-state index contributed by atoms with van der Waals surface area (Å²) in [5, 5.41) is 0. The number of ketones is 1. The highest BCUT2D eigenvalue weighted by Crippen LogP contribution is 2.13. The molecule has 1 unspecified atom stereocenters. The van der Waals surface area contributed by atoms with Crippen LogP contribution in [0.4, 0.5) is 5.82 Å². The van der Waals surface area contributed by atoms with Crippen molar-refractivity contribution in [2.45, 2.75) is 19.8 Å². The summed E-state index contributed by atoms with van der Waals surface area (Å²) in [6.45, 7) is 2.63. The monoisotopic (exact) mass is 207 g/mol. The molecule has 1 aromatic rings. The number of rotatable bonds is 5. The Kier molecular flexibility index (Phi) is 4.24. The number of nitrogen functional groups attached to an aromatic ring is 1. The standard InChI is InChI=1S/C11H17N3O/c1-8(7-12)4-5-10(15)9-3-2-6-14-11(9)13/h2-3,6,8H,4-5,7,12H2,1H3,(H2,13,14). The number of hydrogen-bond acceptors (Lipinski definition) is 4. The number of Topliss-reactive ketones (excluding diaryl/α,β-unsaturated/α-hetero) is 1. The molecule has 0 amide bonds. The van der Waals surface area contributed by atoms with E-state index in [0.717, 1.165) is 6.42 Å². The van der Waals surface area contributed by atoms with E-state index in [1.54, 1.807) is 18.3 Å². The van der Waals surface area contributed by atoms with Gasteiger partial charge in [-0.15, -0.1) is 0 Å². The molecule has 4 heteroatoms. The summed E-state index contributed by atoms with van der Waals surface area (Å²) in [7, 11) is 0. The number of carbonyl (C=O) groups is 1. The summed E-state index contributed by atoms with van der Waals surface area (Å²) in [4.78, 5) is 15.6. The fourth-order valence-electron chi connectivity index (χ4n) is 1.28. The Morgan fingerprint density at radius 1 is 1.60 bits per heavy atom. The third-order valence-corrected chi connectivity index (χ3v) is 2.41. The molecule has 1 rings (SSSR count). The molecule has 0 aliphatic rings. The van der Waals surface area contributed by atoms with E-state index >= 15 is 0 Å². The summed E-state index contributed by atoms with van der Waals surface area (Å²) in [5.41, 5.74) is 11.6. The highest BCUT2D eigenvalue weighted by atomic mass is 16.1. The summed E-state index contributed by atoms with van der Waals surface area (Å²) < 4.78 is 0. The topological polar surface area (TPSA) is 82.0 Å². The Labute approximate surface area is 89.7 Å². The van der Waals surface area contributed by atoms with Crippen LogP contribution in [0.3, 0.4) is 0 Å². The average Bonchev–Trinajstić information content (AvgIpc) is 2.26. The summed E-state index contributed by atoms with van der Waals surface area (Å²) in [6, 6.07) is 3.42. The Morgan fingerprint density at radius 3 is 2.93 bits per heavy atom. The molecule has 1 heterocycles. The molecule has 0 aliphatic carbocycles. The van der Waals surface area contributed by atoms with Crippen molar-refractivity contribution in [3.63, 3.8) is 0 Å². The van der Waals surface area contributed by atoms with E-state index in [9.17, 15) is 4.79 Å². The van der Waals surface area contributed by atoms with Gasteiger partial charge < -0.3 is 11.5 Å². The molecule has 0 saturated carbocycles. The highest BCUT2D eigenvalue weighted by Gasteiger charge is 2.11. The first-order valence-electron chi connectivity index (χ1n) is 5.09. The minimum atomic E-state index is 0.0425. The number of anilines is 1. The highest BCUT2D eigenvalue weighted by molar-refractivity contribution is 5.99. The fourth-order valence-corrected chi connectivity index (χ4v) is 1.28. The van der Waals surface area contributed by atoms with Gasteiger partial charge in [0.15, 0.2) is 5.78 Å². The molecule has 0 bridgehead atoms. The van der Waals surface area contributed by atoms with Gasteiger partial charge in [0.25, 0.3) is 0 Å². The minimum Gasteiger partial charge on any atom is -0.383 e. The van der Waals surface area contributed by atoms with E-state index < -0.39 is 0 Å². The molecule has 1 atom stereocenters. The maximum Gasteiger partial charge on any atom is 0.166 e. The molecular weight excluding hydrogens is 190 g/mol. The lowest BCUT2D eigenvalue weighted by atomic mass is 10.0. The summed E-state index contributed by atoms with van der Waals surface area (Å²) >= 11 is 0. The van der Waals surface area contributed by atoms with Crippen molar-refractivity contribution in [1.29, 1.82) is 0 Å². The third kappa shape index (κ3) is 3.32. The molecule has 4 N–H and O–H groups in total. The SMILES string of the molecule is CC(CN)CCC(=O)c1cccnc1N. The lowest BCUT2D eigenvalue weighted by molar-refractivity contribution is 0.0975. The number of nitrogens with zero attached hydrogens (tertiary/aromatic N) is 1. The quantitative estimate of drug-likeness (QED) is 0.711. The van der Waals surface area contributed by atoms with Gasteiger partial charge in [0.1, 0.15) is 5.82 Å². The lowest BCUT2D eigenvalue weighted by Crippen LogP contribution is -2.13. The lowest BCUT2D eigenvalue weighted by Gasteiger charge is -2.07. The maximum absolute atomic E-state index is 11.7. The third-order valence-electron chi connectivity index (χ3n) is 2.41. The van der Waals surface area contributed by atoms with Gasteiger partial charge in [-0.25, -0.2) is 4.98 Å². The zero-order valence-corrected chi connectivity index (χ0v) is 8.94. The molecule has 0 aliphatic heterocycles. The molecular formula is C11H17N3O. The first-order valence-corrected chi connectivity index (χ1v) is 5.09. The van der Waals surface area contributed by atoms with Crippen molar-refractivity contribution >= 4 is 11.6 Å². The number of pyridine rings is 1. The van der Waals surface area contributed by atoms with Crippen LogP contribution < -0.4 is 11.5 Å². The first kappa shape index (κ1) is 11.7. The second-order valence-corrected chi connectivity index (χ2v) is 3.74. The van der Waals surface area contributed by atoms with Crippen LogP contribution in [0.5, 0.6) is 0 Å². The van der Waals surface area contributed by atoms with E-state index in [4.69, 9.17) is 11.5 Å². The van der Waals surface area contributed by atoms with Gasteiger partial charge in [0.2, 0.25) is 0 Å². The second kappa shape index (κ2) is 5.46. The van der Waals surface area contributed by atoms with Crippen LogP contribution in [0, 0.1) is 5.92 Å². The van der Waals surface area contributed by atoms with Crippen LogP contribution in [0.1, 0.15) is 30.1 Å². The van der Waals surface area contributed by atoms with Crippen molar-refractivity contribution in [3.05, 3.63) is 23.9 Å². The molecule has 0 radical (unpaired) electrons. The molecule has 0 fully saturated rings. The van der Waals surface area contributed by atoms with E-state index in [2.05, 4.69) is 4.98 Å². The van der Waals surface area contributed by atoms with Gasteiger partial charge in [-0.05, 0) is 31.0 Å². The number of nitrogens with two attached hydrogens (primary N) is 2. The van der Waals surface area contributed by atoms with Crippen molar-refractivity contribution in [1.82, 2.24) is 4.98 Å². The number of hydrogen-bond donors (Lipinski definition) is 2. The van der Waals surface area contributed by atoms with Gasteiger partial charge in [-0.2, -0.15) is 0 Å². The Hall–Kier alpha value is -1.42. The molecule has 4 nitrogen and oxygen atoms in total. The molecule has 15 heavy (non-hydrogen) atoms. The molecule has 82 valence electrons. The normalized spacial score (nSPS) is 12.4. The van der Waals surface area contributed by atoms with Crippen LogP contribution in [-0.4, -0.2) is 17.3 Å². The van der Waals surface area contributed by atoms with Crippen molar-refractivity contribution in [2.75, 3.05) is 12.3 Å². The zero-order chi connectivity index (χ0) is 11.3. The van der Waals surface area contributed by atoms with E-state index in [1.165, 1.54) is 0 Å². The van der Waals surface area contributed by atoms with Crippen LogP contribution in [-0.2, 0) is 0 Å². The second-order valence-electron chi connectivity index (χ2n) is 3.74. The Morgan fingerprint density at radius 2 is 2.33 bits per heavy atom. The van der Waals surface area contributed by atoms with Gasteiger partial charge in [0, 0.05) is 12.6 Å². The van der Waals surface area contributed by atoms with Crippen molar-refractivity contribution < 1.29 is 4.79 Å². The predicted molar refractivity (Wildman–Crippen MR) is 60.4 cm³/mol. The predicted octanol–water partition coefficient (Wildman–Crippen LogP) is 1.22. The van der Waals surface area contributed by atoms with Crippen molar-refractivity contribution in [2.24, 2.45) is 11.7 Å². The van der Waals surface area contributed by atoms with Crippen LogP contribution in [0.15, 0.2) is 18.3 Å². The van der Waals surface area contributed by atoms with Crippen LogP contribution in [0.25, 0.3) is 0 Å². The van der Waals surface area contributed by atoms with E-state index in [1.807, 2.05) is 6.92 Å².